The van der Waals surface area contributed by atoms with Gasteiger partial charge in [-0.25, -0.2) is 13.2 Å². The summed E-state index contributed by atoms with van der Waals surface area (Å²) in [5, 5.41) is 11.8. The summed E-state index contributed by atoms with van der Waals surface area (Å²) in [7, 11) is -3.42. The monoisotopic (exact) mass is 680 g/mol. The van der Waals surface area contributed by atoms with Crippen LogP contribution in [0.3, 0.4) is 0 Å². The van der Waals surface area contributed by atoms with E-state index < -0.39 is 16.0 Å². The number of carboxylic acid groups (broad SMARTS) is 1. The number of aromatic amines is 1. The molecule has 0 radical (unpaired) electrons. The Morgan fingerprint density at radius 2 is 1.45 bits per heavy atom. The Labute approximate surface area is 286 Å². The number of ether oxygens (including phenoxy) is 1. The molecule has 0 aliphatic carbocycles. The number of amides is 1. The number of carbonyl (C=O) groups excluding carboxylic acids is 1. The lowest BCUT2D eigenvalue weighted by molar-refractivity contribution is -0.121. The predicted octanol–water partition coefficient (Wildman–Crippen LogP) is 7.03. The molecule has 0 atom stereocenters. The van der Waals surface area contributed by atoms with Crippen molar-refractivity contribution in [3.8, 4) is 11.5 Å². The number of aryl methyl sites for hydroxylation is 1. The van der Waals surface area contributed by atoms with Crippen molar-refractivity contribution < 1.29 is 27.9 Å². The van der Waals surface area contributed by atoms with Crippen LogP contribution < -0.4 is 19.7 Å². The van der Waals surface area contributed by atoms with Crippen molar-refractivity contribution in [2.75, 3.05) is 15.9 Å². The molecule has 5 rings (SSSR count). The van der Waals surface area contributed by atoms with Crippen LogP contribution in [0.4, 0.5) is 11.4 Å². The van der Waals surface area contributed by atoms with Crippen molar-refractivity contribution in [1.82, 2.24) is 10.3 Å². The van der Waals surface area contributed by atoms with E-state index in [9.17, 15) is 18.0 Å². The van der Waals surface area contributed by atoms with Crippen LogP contribution in [0, 0.1) is 6.92 Å². The lowest BCUT2D eigenvalue weighted by Gasteiger charge is -2.28. The average Bonchev–Trinajstić information content (AvgIpc) is 3.56. The number of aromatic nitrogens is 1. The van der Waals surface area contributed by atoms with Crippen LogP contribution in [0.1, 0.15) is 51.1 Å². The summed E-state index contributed by atoms with van der Waals surface area (Å²) >= 11 is 0. The van der Waals surface area contributed by atoms with E-state index in [1.165, 1.54) is 6.07 Å². The molecule has 0 aliphatic rings. The Morgan fingerprint density at radius 3 is 2.06 bits per heavy atom. The van der Waals surface area contributed by atoms with E-state index in [1.807, 2.05) is 85.8 Å². The zero-order valence-corrected chi connectivity index (χ0v) is 28.3. The summed E-state index contributed by atoms with van der Waals surface area (Å²) in [5.74, 6) is 0.290. The Bertz CT molecular complexity index is 1980. The largest absolute Gasteiger partial charge is 0.477 e. The maximum Gasteiger partial charge on any atom is 0.352 e. The second kappa shape index (κ2) is 16.0. The van der Waals surface area contributed by atoms with Gasteiger partial charge in [0, 0.05) is 37.9 Å². The Morgan fingerprint density at radius 1 is 0.816 bits per heavy atom. The van der Waals surface area contributed by atoms with Crippen molar-refractivity contribution in [3.05, 3.63) is 143 Å². The highest BCUT2D eigenvalue weighted by atomic mass is 32.2. The molecule has 0 unspecified atom stereocenters. The van der Waals surface area contributed by atoms with E-state index in [0.29, 0.717) is 48.7 Å². The van der Waals surface area contributed by atoms with Crippen LogP contribution in [0.25, 0.3) is 0 Å². The number of anilines is 2. The molecule has 49 heavy (non-hydrogen) atoms. The molecule has 4 aromatic carbocycles. The van der Waals surface area contributed by atoms with Gasteiger partial charge in [0.1, 0.15) is 17.2 Å². The Kier molecular flexibility index (Phi) is 11.4. The summed E-state index contributed by atoms with van der Waals surface area (Å²) in [5.41, 5.74) is 6.45. The van der Waals surface area contributed by atoms with E-state index in [4.69, 9.17) is 9.84 Å². The van der Waals surface area contributed by atoms with Crippen LogP contribution in [-0.4, -0.2) is 36.6 Å². The summed E-state index contributed by atoms with van der Waals surface area (Å²) in [4.78, 5) is 28.1. The van der Waals surface area contributed by atoms with E-state index in [0.717, 1.165) is 40.6 Å². The molecule has 1 heterocycles. The molecule has 10 nitrogen and oxygen atoms in total. The van der Waals surface area contributed by atoms with Gasteiger partial charge >= 0.3 is 5.97 Å². The quantitative estimate of drug-likeness (QED) is 0.0877. The molecule has 0 spiro atoms. The Balaban J connectivity index is 1.15. The first kappa shape index (κ1) is 34.8. The van der Waals surface area contributed by atoms with Crippen LogP contribution in [0.5, 0.6) is 11.5 Å². The fourth-order valence-electron chi connectivity index (χ4n) is 5.46. The van der Waals surface area contributed by atoms with E-state index in [-0.39, 0.29) is 18.1 Å². The van der Waals surface area contributed by atoms with Gasteiger partial charge in [-0.05, 0) is 90.0 Å². The first-order chi connectivity index (χ1) is 23.5. The van der Waals surface area contributed by atoms with Gasteiger partial charge in [0.2, 0.25) is 15.9 Å². The lowest BCUT2D eigenvalue weighted by atomic mass is 10.1. The molecule has 4 N–H and O–H groups in total. The van der Waals surface area contributed by atoms with Gasteiger partial charge in [-0.15, -0.1) is 0 Å². The summed E-state index contributed by atoms with van der Waals surface area (Å²) < 4.78 is 32.7. The molecule has 0 fully saturated rings. The molecule has 0 aliphatic heterocycles. The number of H-pyrrole nitrogens is 1. The molecular weight excluding hydrogens is 641 g/mol. The fraction of sp³-hybridized carbons (Fsp3) is 0.211. The molecule has 0 saturated carbocycles. The molecule has 5 aromatic rings. The first-order valence-electron chi connectivity index (χ1n) is 15.9. The van der Waals surface area contributed by atoms with Crippen LogP contribution >= 0.6 is 0 Å². The number of hydrogen-bond donors (Lipinski definition) is 4. The predicted molar refractivity (Wildman–Crippen MR) is 191 cm³/mol. The minimum Gasteiger partial charge on any atom is -0.477 e. The van der Waals surface area contributed by atoms with Crippen molar-refractivity contribution >= 4 is 33.3 Å². The maximum absolute atomic E-state index is 12.2. The van der Waals surface area contributed by atoms with Gasteiger partial charge in [-0.1, -0.05) is 60.7 Å². The number of carbonyl (C=O) groups is 2. The zero-order chi connectivity index (χ0) is 34.8. The third-order valence-electron chi connectivity index (χ3n) is 7.95. The summed E-state index contributed by atoms with van der Waals surface area (Å²) in [6.07, 6.45) is 4.52. The number of carboxylic acids is 1. The van der Waals surface area contributed by atoms with Crippen molar-refractivity contribution in [2.24, 2.45) is 0 Å². The zero-order valence-electron chi connectivity index (χ0n) is 27.5. The molecule has 0 bridgehead atoms. The normalized spacial score (nSPS) is 11.1. The van der Waals surface area contributed by atoms with Gasteiger partial charge in [-0.2, -0.15) is 0 Å². The van der Waals surface area contributed by atoms with Gasteiger partial charge < -0.3 is 25.0 Å². The summed E-state index contributed by atoms with van der Waals surface area (Å²) in [6, 6.07) is 33.0. The van der Waals surface area contributed by atoms with Crippen molar-refractivity contribution in [2.45, 2.75) is 45.8 Å². The number of aromatic carboxylic acids is 1. The van der Waals surface area contributed by atoms with Gasteiger partial charge in [0.05, 0.1) is 11.9 Å². The van der Waals surface area contributed by atoms with E-state index >= 15 is 0 Å². The SMILES string of the molecule is Cc1c(NS(C)(=O)=O)cccc1N(Cc1ccccc1)Cc1ccc(Oc2ccc(CCCC(=O)NCc3c[nH]c(C(=O)O)c3)cc2)cc1. The molecule has 11 heteroatoms. The van der Waals surface area contributed by atoms with E-state index in [1.54, 1.807) is 12.3 Å². The summed E-state index contributed by atoms with van der Waals surface area (Å²) in [6.45, 7) is 3.44. The third kappa shape index (κ3) is 10.5. The molecular formula is C38H40N4O6S. The van der Waals surface area contributed by atoms with Crippen molar-refractivity contribution in [3.63, 3.8) is 0 Å². The number of nitrogens with one attached hydrogen (secondary N) is 3. The van der Waals surface area contributed by atoms with Gasteiger partial charge in [-0.3, -0.25) is 9.52 Å². The Hall–Kier alpha value is -5.55. The fourth-order valence-corrected chi connectivity index (χ4v) is 6.08. The standard InChI is InChI=1S/C38H40N4O6S/c1-27-34(41-49(2,46)47)11-7-12-36(27)42(25-29-8-4-3-5-9-29)26-30-16-20-33(21-17-30)48-32-18-14-28(15-19-32)10-6-13-37(43)40-24-31-22-35(38(44)45)39-23-31/h3-5,7-9,11-12,14-23,39,41H,6,10,13,24-26H2,1-2H3,(H,40,43)(H,44,45). The van der Waals surface area contributed by atoms with Gasteiger partial charge in [0.15, 0.2) is 0 Å². The van der Waals surface area contributed by atoms with Crippen molar-refractivity contribution in [1.29, 1.82) is 0 Å². The smallest absolute Gasteiger partial charge is 0.352 e. The van der Waals surface area contributed by atoms with Crippen LogP contribution in [0.2, 0.25) is 0 Å². The van der Waals surface area contributed by atoms with E-state index in [2.05, 4.69) is 32.1 Å². The molecule has 1 aromatic heterocycles. The molecule has 0 saturated heterocycles. The first-order valence-corrected chi connectivity index (χ1v) is 17.8. The average molecular weight is 681 g/mol. The molecule has 1 amide bonds. The third-order valence-corrected chi connectivity index (χ3v) is 8.54. The number of sulfonamides is 1. The highest BCUT2D eigenvalue weighted by Crippen LogP contribution is 2.31. The minimum atomic E-state index is -3.42. The highest BCUT2D eigenvalue weighted by molar-refractivity contribution is 7.92. The maximum atomic E-state index is 12.2. The van der Waals surface area contributed by atoms with Crippen LogP contribution in [0.15, 0.2) is 109 Å². The number of rotatable bonds is 16. The second-order valence-electron chi connectivity index (χ2n) is 11.9. The number of benzene rings is 4. The molecule has 254 valence electrons. The highest BCUT2D eigenvalue weighted by Gasteiger charge is 2.15. The minimum absolute atomic E-state index is 0.0859. The lowest BCUT2D eigenvalue weighted by Crippen LogP contribution is -2.23. The van der Waals surface area contributed by atoms with Gasteiger partial charge in [0.25, 0.3) is 0 Å². The number of nitrogens with zero attached hydrogens (tertiary/aromatic N) is 1. The second-order valence-corrected chi connectivity index (χ2v) is 13.7. The number of hydrogen-bond acceptors (Lipinski definition) is 6. The van der Waals surface area contributed by atoms with Crippen LogP contribution in [-0.2, 0) is 40.9 Å². The topological polar surface area (TPSA) is 141 Å².